The number of nitrogens with one attached hydrogen (secondary N) is 4. The number of ether oxygens (including phenoxy) is 2. The fourth-order valence-electron chi connectivity index (χ4n) is 8.23. The normalized spacial score (nSPS) is 20.8. The number of imide groups is 1. The first kappa shape index (κ1) is 39.7. The average Bonchev–Trinajstić information content (AvgIpc) is 3.76. The molecule has 6 heterocycles. The quantitative estimate of drug-likeness (QED) is 0.136. The van der Waals surface area contributed by atoms with E-state index in [9.17, 15) is 14.4 Å². The van der Waals surface area contributed by atoms with Gasteiger partial charge in [0.05, 0.1) is 48.5 Å². The topological polar surface area (TPSA) is 167 Å². The molecule has 17 heteroatoms. The highest BCUT2D eigenvalue weighted by molar-refractivity contribution is 6.19. The van der Waals surface area contributed by atoms with Crippen LogP contribution in [0, 0.1) is 17.6 Å². The molecule has 0 unspecified atom stereocenters. The van der Waals surface area contributed by atoms with Gasteiger partial charge in [-0.3, -0.25) is 19.7 Å². The molecule has 0 radical (unpaired) electrons. The summed E-state index contributed by atoms with van der Waals surface area (Å²) in [4.78, 5) is 50.8. The Morgan fingerprint density at radius 1 is 0.983 bits per heavy atom. The summed E-state index contributed by atoms with van der Waals surface area (Å²) in [6, 6.07) is 12.1. The molecular formula is C42H48F2N10O5. The van der Waals surface area contributed by atoms with Crippen molar-refractivity contribution in [1.82, 2.24) is 25.4 Å². The van der Waals surface area contributed by atoms with Crippen molar-refractivity contribution in [2.24, 2.45) is 18.0 Å². The monoisotopic (exact) mass is 810 g/mol. The molecule has 0 aliphatic carbocycles. The number of rotatable bonds is 8. The fourth-order valence-corrected chi connectivity index (χ4v) is 8.23. The zero-order valence-electron chi connectivity index (χ0n) is 33.3. The van der Waals surface area contributed by atoms with Crippen LogP contribution in [0.2, 0.25) is 0 Å². The maximum atomic E-state index is 15.2. The van der Waals surface area contributed by atoms with E-state index < -0.39 is 35.3 Å². The number of guanidine groups is 1. The van der Waals surface area contributed by atoms with E-state index >= 15 is 8.78 Å². The first-order valence-corrected chi connectivity index (χ1v) is 20.1. The van der Waals surface area contributed by atoms with Gasteiger partial charge in [0.1, 0.15) is 11.6 Å². The predicted octanol–water partition coefficient (Wildman–Crippen LogP) is 5.20. The van der Waals surface area contributed by atoms with Crippen molar-refractivity contribution in [2.45, 2.75) is 57.4 Å². The van der Waals surface area contributed by atoms with Gasteiger partial charge in [-0.2, -0.15) is 10.1 Å². The van der Waals surface area contributed by atoms with E-state index in [0.717, 1.165) is 42.7 Å². The minimum Gasteiger partial charge on any atom is -0.481 e. The van der Waals surface area contributed by atoms with Crippen LogP contribution in [0.15, 0.2) is 53.7 Å². The largest absolute Gasteiger partial charge is 0.481 e. The summed E-state index contributed by atoms with van der Waals surface area (Å²) >= 11 is 0. The van der Waals surface area contributed by atoms with Gasteiger partial charge in [-0.1, -0.05) is 6.92 Å². The van der Waals surface area contributed by atoms with Crippen LogP contribution in [0.25, 0.3) is 11.3 Å². The van der Waals surface area contributed by atoms with Crippen molar-refractivity contribution < 1.29 is 32.6 Å². The van der Waals surface area contributed by atoms with Gasteiger partial charge in [0.25, 0.3) is 5.91 Å². The molecular weight excluding hydrogens is 763 g/mol. The molecule has 2 saturated heterocycles. The second-order valence-corrected chi connectivity index (χ2v) is 15.5. The smallest absolute Gasteiger partial charge is 0.280 e. The van der Waals surface area contributed by atoms with E-state index in [1.807, 2.05) is 24.1 Å². The third kappa shape index (κ3) is 8.56. The van der Waals surface area contributed by atoms with Crippen LogP contribution in [-0.4, -0.2) is 90.9 Å². The number of hydrogen-bond donors (Lipinski definition) is 4. The number of amides is 3. The lowest BCUT2D eigenvalue weighted by molar-refractivity contribution is -0.134. The van der Waals surface area contributed by atoms with Crippen LogP contribution in [0.3, 0.4) is 0 Å². The molecule has 2 aromatic heterocycles. The first-order chi connectivity index (χ1) is 28.5. The Balaban J connectivity index is 0.892. The number of aromatic nitrogens is 3. The number of piperidine rings is 2. The number of methoxy groups -OCH3 is 1. The highest BCUT2D eigenvalue weighted by atomic mass is 19.1. The molecule has 2 fully saturated rings. The van der Waals surface area contributed by atoms with Crippen LogP contribution in [-0.2, 0) is 16.6 Å². The molecule has 8 rings (SSSR count). The van der Waals surface area contributed by atoms with Crippen molar-refractivity contribution in [3.8, 4) is 23.0 Å². The number of anilines is 4. The zero-order valence-corrected chi connectivity index (χ0v) is 33.3. The highest BCUT2D eigenvalue weighted by Crippen LogP contribution is 2.37. The molecule has 4 aromatic rings. The summed E-state index contributed by atoms with van der Waals surface area (Å²) < 4.78 is 43.7. The van der Waals surface area contributed by atoms with E-state index in [2.05, 4.69) is 54.2 Å². The summed E-state index contributed by atoms with van der Waals surface area (Å²) in [5, 5.41) is 17.1. The molecule has 0 saturated carbocycles. The summed E-state index contributed by atoms with van der Waals surface area (Å²) in [5.41, 5.74) is 4.32. The summed E-state index contributed by atoms with van der Waals surface area (Å²) in [7, 11) is 3.31. The predicted molar refractivity (Wildman–Crippen MR) is 219 cm³/mol. The van der Waals surface area contributed by atoms with E-state index in [4.69, 9.17) is 9.47 Å². The van der Waals surface area contributed by atoms with Gasteiger partial charge in [0.2, 0.25) is 29.5 Å². The molecule has 310 valence electrons. The summed E-state index contributed by atoms with van der Waals surface area (Å²) in [6.07, 6.45) is 5.08. The van der Waals surface area contributed by atoms with E-state index in [0.29, 0.717) is 73.7 Å². The molecule has 59 heavy (non-hydrogen) atoms. The van der Waals surface area contributed by atoms with E-state index in [1.165, 1.54) is 19.2 Å². The van der Waals surface area contributed by atoms with Crippen LogP contribution < -0.4 is 40.5 Å². The minimum atomic E-state index is -1.02. The number of hydrogen-bond acceptors (Lipinski definition) is 12. The number of halogens is 2. The number of aliphatic imine (C=N–C) groups is 1. The van der Waals surface area contributed by atoms with Crippen molar-refractivity contribution in [3.05, 3.63) is 71.4 Å². The highest BCUT2D eigenvalue weighted by Gasteiger charge is 2.34. The van der Waals surface area contributed by atoms with Crippen molar-refractivity contribution >= 4 is 46.4 Å². The number of benzene rings is 2. The van der Waals surface area contributed by atoms with Crippen molar-refractivity contribution in [1.29, 1.82) is 0 Å². The third-order valence-corrected chi connectivity index (χ3v) is 11.4. The number of nitrogens with zero attached hydrogens (tertiary/aromatic N) is 6. The lowest BCUT2D eigenvalue weighted by atomic mass is 9.89. The number of pyridine rings is 1. The van der Waals surface area contributed by atoms with Crippen molar-refractivity contribution in [3.63, 3.8) is 0 Å². The summed E-state index contributed by atoms with van der Waals surface area (Å²) in [5.74, 6) is -2.57. The van der Waals surface area contributed by atoms with Gasteiger partial charge in [0.15, 0.2) is 0 Å². The Bertz CT molecular complexity index is 2270. The molecule has 4 aliphatic heterocycles. The van der Waals surface area contributed by atoms with E-state index in [-0.39, 0.29) is 36.2 Å². The van der Waals surface area contributed by atoms with Crippen LogP contribution >= 0.6 is 0 Å². The van der Waals surface area contributed by atoms with Crippen LogP contribution in [0.4, 0.5) is 31.5 Å². The molecule has 15 nitrogen and oxygen atoms in total. The van der Waals surface area contributed by atoms with Gasteiger partial charge in [0, 0.05) is 80.8 Å². The minimum absolute atomic E-state index is 0.0486. The molecule has 2 bridgehead atoms. The SMILES string of the molecule is COc1cc2cc(n1)-c1cnn(C)c1OCCC[C@@H](C)CN1/C(=N/C2=O)Nc2ccc(NCCNC3CCN(c4cc(F)c([C@H]5CCC(=O)NC5=O)c(F)c4)CC3)cc21. The second-order valence-electron chi connectivity index (χ2n) is 15.5. The first-order valence-electron chi connectivity index (χ1n) is 20.1. The molecule has 4 N–H and O–H groups in total. The van der Waals surface area contributed by atoms with Gasteiger partial charge >= 0.3 is 0 Å². The summed E-state index contributed by atoms with van der Waals surface area (Å²) in [6.45, 7) is 5.89. The maximum Gasteiger partial charge on any atom is 0.280 e. The van der Waals surface area contributed by atoms with Crippen molar-refractivity contribution in [2.75, 3.05) is 66.9 Å². The lowest BCUT2D eigenvalue weighted by Gasteiger charge is -2.34. The lowest BCUT2D eigenvalue weighted by Crippen LogP contribution is -2.44. The molecule has 4 aliphatic rings. The van der Waals surface area contributed by atoms with Crippen LogP contribution in [0.5, 0.6) is 11.8 Å². The molecule has 0 spiro atoms. The van der Waals surface area contributed by atoms with Gasteiger partial charge in [-0.05, 0) is 74.4 Å². The standard InChI is InChI=1S/C42H48F2N10O5/c1-24-5-4-16-59-41-30(22-47-52(41)2)34-17-25(18-37(48-34)58-3)39(56)51-42-49-33-8-6-27(19-35(33)54(42)23-24)46-13-12-45-26-10-14-53(15-11-26)28-20-31(43)38(32(44)21-28)29-7-9-36(55)50-40(29)57/h6,8,17-22,24,26,29,45-46H,4-5,7,9-16,23H2,1-3H3,(H,49,51,56)(H,50,55,57)/t24-,29-/m1/s1. The Hall–Kier alpha value is -6.10. The Labute approximate surface area is 340 Å². The molecule has 2 aromatic carbocycles. The van der Waals surface area contributed by atoms with E-state index in [1.54, 1.807) is 23.0 Å². The number of aryl methyl sites for hydroxylation is 1. The number of carbonyl (C=O) groups is 3. The number of carbonyl (C=O) groups excluding carboxylic acids is 3. The van der Waals surface area contributed by atoms with Gasteiger partial charge in [-0.15, -0.1) is 0 Å². The molecule has 3 amide bonds. The maximum absolute atomic E-state index is 15.2. The Kier molecular flexibility index (Phi) is 11.5. The van der Waals surface area contributed by atoms with Gasteiger partial charge < -0.3 is 35.2 Å². The fraction of sp³-hybridized carbons (Fsp3) is 0.429. The zero-order chi connectivity index (χ0) is 41.2. The molecule has 2 atom stereocenters. The Morgan fingerprint density at radius 2 is 1.78 bits per heavy atom. The third-order valence-electron chi connectivity index (χ3n) is 11.4. The van der Waals surface area contributed by atoms with Gasteiger partial charge in [-0.25, -0.2) is 18.4 Å². The average molecular weight is 811 g/mol. The van der Waals surface area contributed by atoms with Crippen LogP contribution in [0.1, 0.15) is 67.3 Å². The second kappa shape index (κ2) is 17.0. The Morgan fingerprint density at radius 3 is 2.54 bits per heavy atom. The number of fused-ring (bicyclic) bond motifs is 7.